The molecule has 0 aliphatic carbocycles. The molecule has 112 valence electrons. The lowest BCUT2D eigenvalue weighted by Crippen LogP contribution is -2.30. The van der Waals surface area contributed by atoms with Crippen LogP contribution in [0.2, 0.25) is 0 Å². The average molecular weight is 284 g/mol. The molecule has 0 bridgehead atoms. The van der Waals surface area contributed by atoms with Crippen molar-refractivity contribution in [2.24, 2.45) is 7.05 Å². The van der Waals surface area contributed by atoms with Gasteiger partial charge >= 0.3 is 0 Å². The van der Waals surface area contributed by atoms with Gasteiger partial charge in [0.1, 0.15) is 0 Å². The second kappa shape index (κ2) is 6.46. The molecule has 1 aromatic heterocycles. The summed E-state index contributed by atoms with van der Waals surface area (Å²) < 4.78 is 2.10. The van der Waals surface area contributed by atoms with Gasteiger partial charge in [-0.3, -0.25) is 4.90 Å². The van der Waals surface area contributed by atoms with Crippen molar-refractivity contribution in [3.05, 3.63) is 59.9 Å². The Hall–Kier alpha value is -1.58. The molecule has 2 aromatic rings. The molecule has 1 aromatic carbocycles. The van der Waals surface area contributed by atoms with Crippen molar-refractivity contribution in [2.75, 3.05) is 6.54 Å². The molecule has 1 saturated heterocycles. The third-order valence-electron chi connectivity index (χ3n) is 4.46. The SMILES string of the molecule is Cn1ccc(CN2CCCC2CC(O)c2ccccc2)c1. The van der Waals surface area contributed by atoms with Gasteiger partial charge in [-0.1, -0.05) is 30.3 Å². The van der Waals surface area contributed by atoms with E-state index < -0.39 is 0 Å². The fraction of sp³-hybridized carbons (Fsp3) is 0.444. The smallest absolute Gasteiger partial charge is 0.0805 e. The van der Waals surface area contributed by atoms with Crippen molar-refractivity contribution in [3.8, 4) is 0 Å². The highest BCUT2D eigenvalue weighted by molar-refractivity contribution is 5.17. The Bertz CT molecular complexity index is 564. The Balaban J connectivity index is 1.61. The van der Waals surface area contributed by atoms with E-state index in [1.807, 2.05) is 30.3 Å². The van der Waals surface area contributed by atoms with Crippen LogP contribution in [0.1, 0.15) is 36.5 Å². The summed E-state index contributed by atoms with van der Waals surface area (Å²) in [7, 11) is 2.06. The summed E-state index contributed by atoms with van der Waals surface area (Å²) in [5, 5.41) is 10.4. The molecule has 1 aliphatic heterocycles. The van der Waals surface area contributed by atoms with Crippen molar-refractivity contribution < 1.29 is 5.11 Å². The van der Waals surface area contributed by atoms with Gasteiger partial charge in [-0.05, 0) is 43.0 Å². The first-order valence-corrected chi connectivity index (χ1v) is 7.80. The van der Waals surface area contributed by atoms with E-state index >= 15 is 0 Å². The summed E-state index contributed by atoms with van der Waals surface area (Å²) in [6.45, 7) is 2.13. The summed E-state index contributed by atoms with van der Waals surface area (Å²) in [6, 6.07) is 12.7. The van der Waals surface area contributed by atoms with Crippen molar-refractivity contribution in [2.45, 2.75) is 38.0 Å². The number of rotatable bonds is 5. The van der Waals surface area contributed by atoms with Crippen LogP contribution in [-0.2, 0) is 13.6 Å². The maximum absolute atomic E-state index is 10.4. The van der Waals surface area contributed by atoms with Gasteiger partial charge in [-0.25, -0.2) is 0 Å². The number of likely N-dealkylation sites (tertiary alicyclic amines) is 1. The van der Waals surface area contributed by atoms with Crippen molar-refractivity contribution in [1.29, 1.82) is 0 Å². The topological polar surface area (TPSA) is 28.4 Å². The van der Waals surface area contributed by atoms with Crippen LogP contribution in [0.15, 0.2) is 48.8 Å². The van der Waals surface area contributed by atoms with Gasteiger partial charge in [0, 0.05) is 32.0 Å². The predicted molar refractivity (Wildman–Crippen MR) is 84.9 cm³/mol. The Labute approximate surface area is 126 Å². The summed E-state index contributed by atoms with van der Waals surface area (Å²) in [4.78, 5) is 2.52. The van der Waals surface area contributed by atoms with Crippen LogP contribution in [0.4, 0.5) is 0 Å². The minimum atomic E-state index is -0.354. The van der Waals surface area contributed by atoms with Crippen LogP contribution in [-0.4, -0.2) is 27.2 Å². The van der Waals surface area contributed by atoms with E-state index in [2.05, 4.69) is 35.0 Å². The molecule has 2 unspecified atom stereocenters. The van der Waals surface area contributed by atoms with E-state index in [1.165, 1.54) is 18.4 Å². The van der Waals surface area contributed by atoms with Crippen molar-refractivity contribution in [1.82, 2.24) is 9.47 Å². The highest BCUT2D eigenvalue weighted by Crippen LogP contribution is 2.28. The van der Waals surface area contributed by atoms with Crippen molar-refractivity contribution in [3.63, 3.8) is 0 Å². The number of aromatic nitrogens is 1. The number of hydrogen-bond donors (Lipinski definition) is 1. The minimum Gasteiger partial charge on any atom is -0.388 e. The van der Waals surface area contributed by atoms with E-state index in [0.717, 1.165) is 25.1 Å². The first-order chi connectivity index (χ1) is 10.2. The first-order valence-electron chi connectivity index (χ1n) is 7.80. The number of hydrogen-bond acceptors (Lipinski definition) is 2. The minimum absolute atomic E-state index is 0.354. The summed E-state index contributed by atoms with van der Waals surface area (Å²) in [5.74, 6) is 0. The molecule has 3 rings (SSSR count). The summed E-state index contributed by atoms with van der Waals surface area (Å²) in [6.07, 6.45) is 7.18. The monoisotopic (exact) mass is 284 g/mol. The Kier molecular flexibility index (Phi) is 4.42. The number of aliphatic hydroxyl groups is 1. The molecule has 0 saturated carbocycles. The lowest BCUT2D eigenvalue weighted by atomic mass is 10.0. The van der Waals surface area contributed by atoms with E-state index in [-0.39, 0.29) is 6.10 Å². The van der Waals surface area contributed by atoms with E-state index in [4.69, 9.17) is 0 Å². The Morgan fingerprint density at radius 2 is 2.05 bits per heavy atom. The van der Waals surface area contributed by atoms with Crippen LogP contribution in [0.3, 0.4) is 0 Å². The maximum Gasteiger partial charge on any atom is 0.0805 e. The van der Waals surface area contributed by atoms with E-state index in [9.17, 15) is 5.11 Å². The van der Waals surface area contributed by atoms with E-state index in [1.54, 1.807) is 0 Å². The molecule has 1 aliphatic rings. The van der Waals surface area contributed by atoms with Crippen LogP contribution >= 0.6 is 0 Å². The molecule has 1 N–H and O–H groups in total. The normalized spacial score (nSPS) is 20.8. The third kappa shape index (κ3) is 3.55. The average Bonchev–Trinajstić information content (AvgIpc) is 3.10. The largest absolute Gasteiger partial charge is 0.388 e. The fourth-order valence-corrected chi connectivity index (χ4v) is 3.33. The second-order valence-corrected chi connectivity index (χ2v) is 6.11. The molecular formula is C18H24N2O. The summed E-state index contributed by atoms with van der Waals surface area (Å²) >= 11 is 0. The number of aryl methyl sites for hydroxylation is 1. The molecule has 0 amide bonds. The van der Waals surface area contributed by atoms with Gasteiger partial charge in [-0.15, -0.1) is 0 Å². The highest BCUT2D eigenvalue weighted by Gasteiger charge is 2.27. The lowest BCUT2D eigenvalue weighted by Gasteiger charge is -2.26. The van der Waals surface area contributed by atoms with E-state index in [0.29, 0.717) is 6.04 Å². The molecule has 21 heavy (non-hydrogen) atoms. The first kappa shape index (κ1) is 14.4. The van der Waals surface area contributed by atoms with Gasteiger partial charge < -0.3 is 9.67 Å². The highest BCUT2D eigenvalue weighted by atomic mass is 16.3. The van der Waals surface area contributed by atoms with Gasteiger partial charge in [-0.2, -0.15) is 0 Å². The molecule has 2 heterocycles. The van der Waals surface area contributed by atoms with Crippen LogP contribution in [0.25, 0.3) is 0 Å². The number of nitrogens with zero attached hydrogens (tertiary/aromatic N) is 2. The van der Waals surface area contributed by atoms with Gasteiger partial charge in [0.05, 0.1) is 6.10 Å². The van der Waals surface area contributed by atoms with Crippen LogP contribution in [0, 0.1) is 0 Å². The van der Waals surface area contributed by atoms with Gasteiger partial charge in [0.15, 0.2) is 0 Å². The summed E-state index contributed by atoms with van der Waals surface area (Å²) in [5.41, 5.74) is 2.39. The molecule has 0 radical (unpaired) electrons. The molecule has 0 spiro atoms. The Morgan fingerprint density at radius 1 is 1.24 bits per heavy atom. The lowest BCUT2D eigenvalue weighted by molar-refractivity contribution is 0.118. The molecule has 1 fully saturated rings. The molecular weight excluding hydrogens is 260 g/mol. The zero-order chi connectivity index (χ0) is 14.7. The quantitative estimate of drug-likeness (QED) is 0.914. The standard InChI is InChI=1S/C18H24N2O/c1-19-11-9-15(13-19)14-20-10-5-8-17(20)12-18(21)16-6-3-2-4-7-16/h2-4,6-7,9,11,13,17-18,21H,5,8,10,12,14H2,1H3. The van der Waals surface area contributed by atoms with Crippen molar-refractivity contribution >= 4 is 0 Å². The zero-order valence-corrected chi connectivity index (χ0v) is 12.7. The predicted octanol–water partition coefficient (Wildman–Crippen LogP) is 3.11. The molecule has 3 heteroatoms. The number of benzene rings is 1. The number of aliphatic hydroxyl groups excluding tert-OH is 1. The van der Waals surface area contributed by atoms with Crippen LogP contribution < -0.4 is 0 Å². The zero-order valence-electron chi connectivity index (χ0n) is 12.7. The fourth-order valence-electron chi connectivity index (χ4n) is 3.33. The Morgan fingerprint density at radius 3 is 2.76 bits per heavy atom. The third-order valence-corrected chi connectivity index (χ3v) is 4.46. The second-order valence-electron chi connectivity index (χ2n) is 6.11. The van der Waals surface area contributed by atoms with Gasteiger partial charge in [0.25, 0.3) is 0 Å². The maximum atomic E-state index is 10.4. The molecule has 3 nitrogen and oxygen atoms in total. The molecule has 2 atom stereocenters. The van der Waals surface area contributed by atoms with Crippen LogP contribution in [0.5, 0.6) is 0 Å². The van der Waals surface area contributed by atoms with Gasteiger partial charge in [0.2, 0.25) is 0 Å².